The topological polar surface area (TPSA) is 40.1 Å². The molecule has 7 heteroatoms. The minimum Gasteiger partial charge on any atom is -0.376 e. The van der Waals surface area contributed by atoms with Crippen LogP contribution in [0.2, 0.25) is 0 Å². The van der Waals surface area contributed by atoms with Crippen LogP contribution in [0.15, 0.2) is 59.6 Å². The molecule has 0 spiro atoms. The second kappa shape index (κ2) is 13.0. The molecular weight excluding hydrogens is 506 g/mol. The minimum atomic E-state index is -0.207. The monoisotopic (exact) mass is 540 g/mol. The van der Waals surface area contributed by atoms with Crippen LogP contribution in [0.4, 0.5) is 4.39 Å². The minimum absolute atomic E-state index is 0. The first-order chi connectivity index (χ1) is 14.6. The fraction of sp³-hybridized carbons (Fsp3) is 0.458. The predicted molar refractivity (Wildman–Crippen MR) is 135 cm³/mol. The van der Waals surface area contributed by atoms with Crippen LogP contribution in [-0.2, 0) is 11.3 Å². The number of hydrogen-bond acceptors (Lipinski definition) is 3. The third-order valence-electron chi connectivity index (χ3n) is 5.57. The zero-order chi connectivity index (χ0) is 21.3. The first-order valence-corrected chi connectivity index (χ1v) is 10.6. The molecule has 2 atom stereocenters. The fourth-order valence-electron chi connectivity index (χ4n) is 3.91. The average molecular weight is 540 g/mol. The third-order valence-corrected chi connectivity index (χ3v) is 5.57. The van der Waals surface area contributed by atoms with Crippen molar-refractivity contribution in [3.63, 3.8) is 0 Å². The highest BCUT2D eigenvalue weighted by atomic mass is 127. The summed E-state index contributed by atoms with van der Waals surface area (Å²) < 4.78 is 19.6. The molecule has 2 aromatic rings. The van der Waals surface area contributed by atoms with Gasteiger partial charge in [-0.25, -0.2) is 4.39 Å². The van der Waals surface area contributed by atoms with E-state index < -0.39 is 0 Å². The summed E-state index contributed by atoms with van der Waals surface area (Å²) in [4.78, 5) is 8.86. The van der Waals surface area contributed by atoms with Crippen LogP contribution in [0.5, 0.6) is 0 Å². The van der Waals surface area contributed by atoms with E-state index in [2.05, 4.69) is 32.2 Å². The summed E-state index contributed by atoms with van der Waals surface area (Å²) in [5, 5.41) is 3.48. The van der Waals surface area contributed by atoms with E-state index in [0.717, 1.165) is 37.6 Å². The van der Waals surface area contributed by atoms with Crippen LogP contribution in [0.3, 0.4) is 0 Å². The van der Waals surface area contributed by atoms with E-state index in [1.807, 2.05) is 45.4 Å². The Morgan fingerprint density at radius 2 is 2.00 bits per heavy atom. The molecule has 1 fully saturated rings. The Bertz CT molecular complexity index is 818. The summed E-state index contributed by atoms with van der Waals surface area (Å²) >= 11 is 0. The van der Waals surface area contributed by atoms with Gasteiger partial charge in [0.05, 0.1) is 19.3 Å². The fourth-order valence-corrected chi connectivity index (χ4v) is 3.91. The Kier molecular flexibility index (Phi) is 10.7. The molecule has 1 aliphatic heterocycles. The number of ether oxygens (including phenoxy) is 1. The number of halogens is 2. The molecule has 1 heterocycles. The van der Waals surface area contributed by atoms with E-state index in [-0.39, 0.29) is 35.8 Å². The number of likely N-dealkylation sites (tertiary alicyclic amines) is 1. The van der Waals surface area contributed by atoms with E-state index in [4.69, 9.17) is 4.74 Å². The zero-order valence-corrected chi connectivity index (χ0v) is 21.0. The number of aliphatic imine (C=N–C) groups is 1. The number of likely N-dealkylation sites (N-methyl/N-ethyl adjacent to an activating group) is 1. The van der Waals surface area contributed by atoms with Gasteiger partial charge in [-0.05, 0) is 43.8 Å². The van der Waals surface area contributed by atoms with Crippen molar-refractivity contribution in [2.24, 2.45) is 10.9 Å². The van der Waals surface area contributed by atoms with Crippen LogP contribution in [0, 0.1) is 11.7 Å². The lowest BCUT2D eigenvalue weighted by atomic mass is 10.1. The number of benzene rings is 2. The van der Waals surface area contributed by atoms with Gasteiger partial charge in [0.25, 0.3) is 0 Å². The summed E-state index contributed by atoms with van der Waals surface area (Å²) in [6.45, 7) is 3.97. The standard InChI is InChI=1S/C24H33FN4O.HI/c1-26-24(27-15-23(28(2)3)21-10-7-11-22(25)14-21)29-13-12-20(16-29)18-30-17-19-8-5-4-6-9-19;/h4-11,14,20,23H,12-13,15-18H2,1-3H3,(H,26,27);1H. The van der Waals surface area contributed by atoms with Crippen molar-refractivity contribution in [3.8, 4) is 0 Å². The average Bonchev–Trinajstić information content (AvgIpc) is 3.20. The number of hydrogen-bond donors (Lipinski definition) is 1. The molecule has 1 saturated heterocycles. The van der Waals surface area contributed by atoms with Gasteiger partial charge in [0.2, 0.25) is 0 Å². The Morgan fingerprint density at radius 1 is 1.23 bits per heavy atom. The van der Waals surface area contributed by atoms with Crippen molar-refractivity contribution in [2.45, 2.75) is 19.1 Å². The summed E-state index contributed by atoms with van der Waals surface area (Å²) in [6, 6.07) is 17.1. The Balaban J connectivity index is 0.00000341. The maximum Gasteiger partial charge on any atom is 0.193 e. The highest BCUT2D eigenvalue weighted by Crippen LogP contribution is 2.20. The van der Waals surface area contributed by atoms with Crippen molar-refractivity contribution in [1.29, 1.82) is 0 Å². The van der Waals surface area contributed by atoms with E-state index in [1.54, 1.807) is 12.1 Å². The quantitative estimate of drug-likeness (QED) is 0.310. The van der Waals surface area contributed by atoms with E-state index in [1.165, 1.54) is 11.6 Å². The molecule has 1 N–H and O–H groups in total. The van der Waals surface area contributed by atoms with Gasteiger partial charge in [-0.15, -0.1) is 24.0 Å². The number of nitrogens with one attached hydrogen (secondary N) is 1. The van der Waals surface area contributed by atoms with E-state index in [9.17, 15) is 4.39 Å². The molecule has 0 amide bonds. The number of rotatable bonds is 8. The lowest BCUT2D eigenvalue weighted by molar-refractivity contribution is 0.0906. The lowest BCUT2D eigenvalue weighted by Crippen LogP contribution is -2.43. The molecule has 3 rings (SSSR count). The second-order valence-electron chi connectivity index (χ2n) is 8.06. The highest BCUT2D eigenvalue weighted by Gasteiger charge is 2.26. The van der Waals surface area contributed by atoms with Crippen LogP contribution in [0.25, 0.3) is 0 Å². The molecule has 5 nitrogen and oxygen atoms in total. The van der Waals surface area contributed by atoms with E-state index in [0.29, 0.717) is 19.1 Å². The van der Waals surface area contributed by atoms with Gasteiger partial charge in [-0.3, -0.25) is 4.99 Å². The number of guanidine groups is 1. The van der Waals surface area contributed by atoms with Gasteiger partial charge < -0.3 is 19.9 Å². The summed E-state index contributed by atoms with van der Waals surface area (Å²) in [5.74, 6) is 1.19. The summed E-state index contributed by atoms with van der Waals surface area (Å²) in [6.07, 6.45) is 1.09. The molecule has 0 radical (unpaired) electrons. The van der Waals surface area contributed by atoms with Crippen molar-refractivity contribution in [3.05, 3.63) is 71.5 Å². The molecule has 2 unspecified atom stereocenters. The maximum atomic E-state index is 13.7. The molecule has 1 aliphatic rings. The molecule has 0 aromatic heterocycles. The predicted octanol–water partition coefficient (Wildman–Crippen LogP) is 4.16. The van der Waals surface area contributed by atoms with Gasteiger partial charge in [0.15, 0.2) is 5.96 Å². The number of nitrogens with zero attached hydrogens (tertiary/aromatic N) is 3. The largest absolute Gasteiger partial charge is 0.376 e. The van der Waals surface area contributed by atoms with Crippen molar-refractivity contribution in [2.75, 3.05) is 47.4 Å². The summed E-state index contributed by atoms with van der Waals surface area (Å²) in [5.41, 5.74) is 2.16. The Hall–Kier alpha value is -1.71. The van der Waals surface area contributed by atoms with Gasteiger partial charge >= 0.3 is 0 Å². The molecule has 0 bridgehead atoms. The van der Waals surface area contributed by atoms with Crippen molar-refractivity contribution < 1.29 is 9.13 Å². The zero-order valence-electron chi connectivity index (χ0n) is 18.6. The molecule has 31 heavy (non-hydrogen) atoms. The van der Waals surface area contributed by atoms with Gasteiger partial charge in [-0.1, -0.05) is 42.5 Å². The molecule has 2 aromatic carbocycles. The Morgan fingerprint density at radius 3 is 2.68 bits per heavy atom. The Labute approximate surface area is 202 Å². The van der Waals surface area contributed by atoms with E-state index >= 15 is 0 Å². The van der Waals surface area contributed by atoms with Crippen LogP contribution >= 0.6 is 24.0 Å². The first-order valence-electron chi connectivity index (χ1n) is 10.6. The van der Waals surface area contributed by atoms with Crippen molar-refractivity contribution in [1.82, 2.24) is 15.1 Å². The molecule has 170 valence electrons. The second-order valence-corrected chi connectivity index (χ2v) is 8.06. The highest BCUT2D eigenvalue weighted by molar-refractivity contribution is 14.0. The van der Waals surface area contributed by atoms with Crippen LogP contribution in [0.1, 0.15) is 23.6 Å². The van der Waals surface area contributed by atoms with Crippen LogP contribution < -0.4 is 5.32 Å². The first kappa shape index (κ1) is 25.5. The van der Waals surface area contributed by atoms with Gasteiger partial charge in [0.1, 0.15) is 5.82 Å². The van der Waals surface area contributed by atoms with Crippen molar-refractivity contribution >= 4 is 29.9 Å². The molecule has 0 aliphatic carbocycles. The van der Waals surface area contributed by atoms with Crippen LogP contribution in [-0.4, -0.2) is 63.1 Å². The third kappa shape index (κ3) is 7.73. The normalized spacial score (nSPS) is 17.5. The summed E-state index contributed by atoms with van der Waals surface area (Å²) in [7, 11) is 5.83. The van der Waals surface area contributed by atoms with Gasteiger partial charge in [-0.2, -0.15) is 0 Å². The lowest BCUT2D eigenvalue weighted by Gasteiger charge is -2.28. The smallest absolute Gasteiger partial charge is 0.193 e. The SMILES string of the molecule is CN=C(NCC(c1cccc(F)c1)N(C)C)N1CCC(COCc2ccccc2)C1.I. The molecule has 0 saturated carbocycles. The van der Waals surface area contributed by atoms with Gasteiger partial charge in [0, 0.05) is 32.6 Å². The maximum absolute atomic E-state index is 13.7. The molecular formula is C24H34FIN4O.